The van der Waals surface area contributed by atoms with Gasteiger partial charge >= 0.3 is 0 Å². The van der Waals surface area contributed by atoms with Crippen molar-refractivity contribution < 1.29 is 24.1 Å². The molecule has 0 spiro atoms. The van der Waals surface area contributed by atoms with E-state index in [-0.39, 0.29) is 18.7 Å². The second kappa shape index (κ2) is 8.94. The third-order valence-electron chi connectivity index (χ3n) is 3.80. The van der Waals surface area contributed by atoms with Crippen LogP contribution in [0.5, 0.6) is 17.2 Å². The molecule has 2 rings (SSSR count). The first-order chi connectivity index (χ1) is 12.1. The average Bonchev–Trinajstić information content (AvgIpc) is 2.65. The number of rotatable bonds is 8. The molecule has 0 heterocycles. The van der Waals surface area contributed by atoms with Gasteiger partial charge in [-0.25, -0.2) is 0 Å². The molecule has 134 valence electrons. The molecule has 25 heavy (non-hydrogen) atoms. The summed E-state index contributed by atoms with van der Waals surface area (Å²) in [6, 6.07) is 12.3. The van der Waals surface area contributed by atoms with Gasteiger partial charge in [-0.15, -0.1) is 0 Å². The molecular weight excluding hydrogens is 322 g/mol. The Morgan fingerprint density at radius 2 is 1.76 bits per heavy atom. The lowest BCUT2D eigenvalue weighted by molar-refractivity contribution is -0.116. The van der Waals surface area contributed by atoms with E-state index in [4.69, 9.17) is 14.2 Å². The van der Waals surface area contributed by atoms with Crippen LogP contribution in [0, 0.1) is 0 Å². The van der Waals surface area contributed by atoms with E-state index in [2.05, 4.69) is 5.32 Å². The summed E-state index contributed by atoms with van der Waals surface area (Å²) < 4.78 is 15.5. The smallest absolute Gasteiger partial charge is 0.224 e. The first-order valence-corrected chi connectivity index (χ1v) is 7.91. The number of methoxy groups -OCH3 is 3. The maximum atomic E-state index is 12.1. The van der Waals surface area contributed by atoms with Crippen molar-refractivity contribution in [2.75, 3.05) is 26.6 Å². The Labute approximate surface area is 147 Å². The summed E-state index contributed by atoms with van der Waals surface area (Å²) in [6.07, 6.45) is -0.358. The van der Waals surface area contributed by atoms with Crippen LogP contribution in [0.3, 0.4) is 0 Å². The zero-order valence-electron chi connectivity index (χ0n) is 14.6. The van der Waals surface area contributed by atoms with Gasteiger partial charge in [0.15, 0.2) is 0 Å². The predicted octanol–water partition coefficient (Wildman–Crippen LogP) is 3.16. The van der Waals surface area contributed by atoms with Crippen molar-refractivity contribution in [3.05, 3.63) is 48.0 Å². The minimum atomic E-state index is -0.808. The van der Waals surface area contributed by atoms with Gasteiger partial charge in [-0.1, -0.05) is 6.07 Å². The van der Waals surface area contributed by atoms with Crippen molar-refractivity contribution in [2.45, 2.75) is 18.9 Å². The summed E-state index contributed by atoms with van der Waals surface area (Å²) in [4.78, 5) is 12.1. The lowest BCUT2D eigenvalue weighted by Gasteiger charge is -2.15. The van der Waals surface area contributed by atoms with Crippen LogP contribution in [0.2, 0.25) is 0 Å². The lowest BCUT2D eigenvalue weighted by Crippen LogP contribution is -2.13. The Morgan fingerprint density at radius 1 is 1.04 bits per heavy atom. The van der Waals surface area contributed by atoms with Gasteiger partial charge in [0, 0.05) is 29.8 Å². The van der Waals surface area contributed by atoms with Crippen molar-refractivity contribution in [3.8, 4) is 17.2 Å². The van der Waals surface area contributed by atoms with E-state index in [1.165, 1.54) is 7.11 Å². The van der Waals surface area contributed by atoms with Crippen molar-refractivity contribution in [2.24, 2.45) is 0 Å². The summed E-state index contributed by atoms with van der Waals surface area (Å²) >= 11 is 0. The van der Waals surface area contributed by atoms with Gasteiger partial charge in [0.25, 0.3) is 0 Å². The Kier molecular flexibility index (Phi) is 6.65. The largest absolute Gasteiger partial charge is 0.497 e. The molecule has 0 aliphatic carbocycles. The minimum absolute atomic E-state index is 0.174. The molecule has 2 N–H and O–H groups in total. The summed E-state index contributed by atoms with van der Waals surface area (Å²) in [5, 5.41) is 13.2. The first kappa shape index (κ1) is 18.6. The lowest BCUT2D eigenvalue weighted by atomic mass is 10.0. The van der Waals surface area contributed by atoms with Gasteiger partial charge in [-0.05, 0) is 30.7 Å². The molecule has 2 aromatic rings. The van der Waals surface area contributed by atoms with E-state index in [0.29, 0.717) is 28.5 Å². The minimum Gasteiger partial charge on any atom is -0.497 e. The molecule has 2 aromatic carbocycles. The summed E-state index contributed by atoms with van der Waals surface area (Å²) in [5.41, 5.74) is 1.28. The molecule has 1 amide bonds. The normalized spacial score (nSPS) is 11.5. The van der Waals surface area contributed by atoms with Crippen LogP contribution < -0.4 is 19.5 Å². The average molecular weight is 345 g/mol. The summed E-state index contributed by atoms with van der Waals surface area (Å²) in [7, 11) is 4.66. The number of ether oxygens (including phenoxy) is 3. The highest BCUT2D eigenvalue weighted by atomic mass is 16.5. The number of anilines is 1. The second-order valence-electron chi connectivity index (χ2n) is 5.44. The molecule has 0 aliphatic heterocycles. The van der Waals surface area contributed by atoms with Gasteiger partial charge in [0.05, 0.1) is 27.4 Å². The van der Waals surface area contributed by atoms with Crippen LogP contribution in [0.15, 0.2) is 42.5 Å². The highest BCUT2D eigenvalue weighted by Crippen LogP contribution is 2.31. The number of carbonyl (C=O) groups is 1. The van der Waals surface area contributed by atoms with Gasteiger partial charge in [-0.3, -0.25) is 4.79 Å². The molecule has 1 atom stereocenters. The SMILES string of the molecule is COc1cccc(NC(=O)CCC(O)c2ccc(OC)cc2OC)c1. The van der Waals surface area contributed by atoms with Crippen LogP contribution in [-0.4, -0.2) is 32.3 Å². The predicted molar refractivity (Wildman–Crippen MR) is 95.4 cm³/mol. The number of nitrogens with one attached hydrogen (secondary N) is 1. The van der Waals surface area contributed by atoms with Crippen molar-refractivity contribution in [1.82, 2.24) is 0 Å². The molecular formula is C19H23NO5. The van der Waals surface area contributed by atoms with E-state index in [0.717, 1.165) is 0 Å². The molecule has 6 heteroatoms. The Hall–Kier alpha value is -2.73. The Balaban J connectivity index is 1.94. The number of hydrogen-bond donors (Lipinski definition) is 2. The fourth-order valence-electron chi connectivity index (χ4n) is 2.44. The molecule has 0 saturated heterocycles. The van der Waals surface area contributed by atoms with Gasteiger partial charge in [0.2, 0.25) is 5.91 Å². The fourth-order valence-corrected chi connectivity index (χ4v) is 2.44. The van der Waals surface area contributed by atoms with E-state index >= 15 is 0 Å². The zero-order valence-corrected chi connectivity index (χ0v) is 14.6. The van der Waals surface area contributed by atoms with Crippen LogP contribution >= 0.6 is 0 Å². The quantitative estimate of drug-likeness (QED) is 0.768. The summed E-state index contributed by atoms with van der Waals surface area (Å²) in [5.74, 6) is 1.66. The highest BCUT2D eigenvalue weighted by Gasteiger charge is 2.16. The molecule has 6 nitrogen and oxygen atoms in total. The van der Waals surface area contributed by atoms with Crippen molar-refractivity contribution >= 4 is 11.6 Å². The first-order valence-electron chi connectivity index (χ1n) is 7.91. The molecule has 1 unspecified atom stereocenters. The fraction of sp³-hybridized carbons (Fsp3) is 0.316. The van der Waals surface area contributed by atoms with Gasteiger partial charge in [0.1, 0.15) is 17.2 Å². The van der Waals surface area contributed by atoms with Crippen molar-refractivity contribution in [1.29, 1.82) is 0 Å². The maximum Gasteiger partial charge on any atom is 0.224 e. The highest BCUT2D eigenvalue weighted by molar-refractivity contribution is 5.90. The standard InChI is InChI=1S/C19H23NO5/c1-23-14-6-4-5-13(11-14)20-19(22)10-9-17(21)16-8-7-15(24-2)12-18(16)25-3/h4-8,11-12,17,21H,9-10H2,1-3H3,(H,20,22). The monoisotopic (exact) mass is 345 g/mol. The maximum absolute atomic E-state index is 12.1. The van der Waals surface area contributed by atoms with Crippen LogP contribution in [0.1, 0.15) is 24.5 Å². The van der Waals surface area contributed by atoms with Crippen molar-refractivity contribution in [3.63, 3.8) is 0 Å². The molecule has 0 bridgehead atoms. The topological polar surface area (TPSA) is 77.0 Å². The number of amides is 1. The van der Waals surface area contributed by atoms with Gasteiger partial charge in [-0.2, -0.15) is 0 Å². The molecule has 0 fully saturated rings. The van der Waals surface area contributed by atoms with E-state index < -0.39 is 6.10 Å². The second-order valence-corrected chi connectivity index (χ2v) is 5.44. The molecule has 0 radical (unpaired) electrons. The summed E-state index contributed by atoms with van der Waals surface area (Å²) in [6.45, 7) is 0. The number of aliphatic hydroxyl groups is 1. The molecule has 0 saturated carbocycles. The van der Waals surface area contributed by atoms with Gasteiger partial charge < -0.3 is 24.6 Å². The number of aliphatic hydroxyl groups excluding tert-OH is 1. The molecule has 0 aromatic heterocycles. The number of hydrogen-bond acceptors (Lipinski definition) is 5. The number of carbonyl (C=O) groups excluding carboxylic acids is 1. The zero-order chi connectivity index (χ0) is 18.2. The van der Waals surface area contributed by atoms with E-state index in [9.17, 15) is 9.90 Å². The van der Waals surface area contributed by atoms with E-state index in [1.807, 2.05) is 0 Å². The number of benzene rings is 2. The van der Waals surface area contributed by atoms with Crippen LogP contribution in [-0.2, 0) is 4.79 Å². The third-order valence-corrected chi connectivity index (χ3v) is 3.80. The Morgan fingerprint density at radius 3 is 2.44 bits per heavy atom. The van der Waals surface area contributed by atoms with Crippen LogP contribution in [0.25, 0.3) is 0 Å². The Bertz CT molecular complexity index is 717. The van der Waals surface area contributed by atoms with Crippen LogP contribution in [0.4, 0.5) is 5.69 Å². The third kappa shape index (κ3) is 5.12. The molecule has 0 aliphatic rings. The van der Waals surface area contributed by atoms with E-state index in [1.54, 1.807) is 56.7 Å².